The van der Waals surface area contributed by atoms with Crippen LogP contribution in [0.4, 0.5) is 0 Å². The zero-order valence-electron chi connectivity index (χ0n) is 16.6. The summed E-state index contributed by atoms with van der Waals surface area (Å²) in [7, 11) is 1.62. The lowest BCUT2D eigenvalue weighted by Gasteiger charge is -2.30. The van der Waals surface area contributed by atoms with Gasteiger partial charge in [-0.15, -0.1) is 0 Å². The Morgan fingerprint density at radius 2 is 1.54 bits per heavy atom. The summed E-state index contributed by atoms with van der Waals surface area (Å²) in [5.74, 6) is 1.31. The molecule has 0 radical (unpaired) electrons. The molecule has 3 rings (SSSR count). The van der Waals surface area contributed by atoms with Crippen LogP contribution in [0.25, 0.3) is 0 Å². The van der Waals surface area contributed by atoms with Crippen molar-refractivity contribution >= 4 is 11.6 Å². The second-order valence-electron chi connectivity index (χ2n) is 6.89. The van der Waals surface area contributed by atoms with Gasteiger partial charge in [-0.05, 0) is 44.0 Å². The number of carbonyl (C=O) groups is 2. The second-order valence-corrected chi connectivity index (χ2v) is 6.89. The third kappa shape index (κ3) is 3.91. The lowest BCUT2D eigenvalue weighted by Crippen LogP contribution is -2.25. The standard InChI is InChI=1S/C24H24O4/c1-15(25)22-17(3)28-21(14-18-10-12-20(27-4)13-11-18)23(16(2)26)24(22)19-8-6-5-7-9-19/h5-13,24H,14H2,1-4H3. The van der Waals surface area contributed by atoms with Crippen LogP contribution in [0.1, 0.15) is 37.8 Å². The van der Waals surface area contributed by atoms with E-state index in [0.29, 0.717) is 29.1 Å². The molecule has 0 fully saturated rings. The molecule has 1 aliphatic rings. The highest BCUT2D eigenvalue weighted by Gasteiger charge is 2.36. The molecular formula is C24H24O4. The Bertz CT molecular complexity index is 950. The van der Waals surface area contributed by atoms with Gasteiger partial charge in [0.2, 0.25) is 0 Å². The van der Waals surface area contributed by atoms with Crippen molar-refractivity contribution in [3.63, 3.8) is 0 Å². The minimum atomic E-state index is -0.418. The van der Waals surface area contributed by atoms with Crippen molar-refractivity contribution in [1.82, 2.24) is 0 Å². The Balaban J connectivity index is 2.11. The van der Waals surface area contributed by atoms with Gasteiger partial charge in [-0.1, -0.05) is 42.5 Å². The van der Waals surface area contributed by atoms with E-state index in [2.05, 4.69) is 0 Å². The molecule has 144 valence electrons. The topological polar surface area (TPSA) is 52.6 Å². The maximum Gasteiger partial charge on any atom is 0.160 e. The minimum absolute atomic E-state index is 0.0893. The van der Waals surface area contributed by atoms with Crippen LogP contribution in [0.2, 0.25) is 0 Å². The molecule has 2 aromatic rings. The van der Waals surface area contributed by atoms with Crippen molar-refractivity contribution in [3.05, 3.63) is 88.4 Å². The molecule has 4 nitrogen and oxygen atoms in total. The average molecular weight is 376 g/mol. The van der Waals surface area contributed by atoms with Crippen LogP contribution in [0, 0.1) is 0 Å². The first-order valence-electron chi connectivity index (χ1n) is 9.23. The number of carbonyl (C=O) groups excluding carboxylic acids is 2. The van der Waals surface area contributed by atoms with Gasteiger partial charge in [0, 0.05) is 23.5 Å². The smallest absolute Gasteiger partial charge is 0.160 e. The molecule has 28 heavy (non-hydrogen) atoms. The summed E-state index contributed by atoms with van der Waals surface area (Å²) in [5.41, 5.74) is 2.99. The SMILES string of the molecule is COc1ccc(CC2=C(C(C)=O)C(c3ccccc3)C(C(C)=O)=C(C)O2)cc1. The lowest BCUT2D eigenvalue weighted by atomic mass is 9.78. The molecule has 4 heteroatoms. The summed E-state index contributed by atoms with van der Waals surface area (Å²) >= 11 is 0. The molecule has 0 bridgehead atoms. The fourth-order valence-corrected chi connectivity index (χ4v) is 3.69. The zero-order valence-corrected chi connectivity index (χ0v) is 16.6. The number of hydrogen-bond donors (Lipinski definition) is 0. The van der Waals surface area contributed by atoms with Gasteiger partial charge in [0.05, 0.1) is 7.11 Å². The largest absolute Gasteiger partial charge is 0.497 e. The molecule has 1 aliphatic heterocycles. The van der Waals surface area contributed by atoms with Gasteiger partial charge in [-0.2, -0.15) is 0 Å². The normalized spacial score (nSPS) is 16.6. The quantitative estimate of drug-likeness (QED) is 0.729. The molecule has 0 saturated carbocycles. The Morgan fingerprint density at radius 1 is 0.929 bits per heavy atom. The number of ketones is 2. The highest BCUT2D eigenvalue weighted by Crippen LogP contribution is 2.42. The van der Waals surface area contributed by atoms with Gasteiger partial charge in [-0.25, -0.2) is 0 Å². The summed E-state index contributed by atoms with van der Waals surface area (Å²) in [6, 6.07) is 17.3. The third-order valence-corrected chi connectivity index (χ3v) is 4.95. The molecule has 0 N–H and O–H groups in total. The van der Waals surface area contributed by atoms with Crippen molar-refractivity contribution in [1.29, 1.82) is 0 Å². The molecule has 1 unspecified atom stereocenters. The van der Waals surface area contributed by atoms with E-state index in [1.165, 1.54) is 13.8 Å². The van der Waals surface area contributed by atoms with Crippen LogP contribution >= 0.6 is 0 Å². The molecule has 0 amide bonds. The number of ether oxygens (including phenoxy) is 2. The Morgan fingerprint density at radius 3 is 2.07 bits per heavy atom. The number of hydrogen-bond acceptors (Lipinski definition) is 4. The molecule has 0 aromatic heterocycles. The number of Topliss-reactive ketones (excluding diaryl/α,β-unsaturated/α-hetero) is 2. The maximum atomic E-state index is 12.7. The monoisotopic (exact) mass is 376 g/mol. The maximum absolute atomic E-state index is 12.7. The van der Waals surface area contributed by atoms with E-state index in [9.17, 15) is 9.59 Å². The minimum Gasteiger partial charge on any atom is -0.497 e. The van der Waals surface area contributed by atoms with Crippen LogP contribution in [-0.4, -0.2) is 18.7 Å². The number of methoxy groups -OCH3 is 1. The molecule has 1 atom stereocenters. The Kier molecular flexibility index (Phi) is 5.78. The van der Waals surface area contributed by atoms with Crippen molar-refractivity contribution in [2.45, 2.75) is 33.1 Å². The van der Waals surface area contributed by atoms with Crippen LogP contribution in [0.15, 0.2) is 77.3 Å². The van der Waals surface area contributed by atoms with E-state index in [1.807, 2.05) is 54.6 Å². The van der Waals surface area contributed by atoms with Gasteiger partial charge < -0.3 is 9.47 Å². The van der Waals surface area contributed by atoms with E-state index in [1.54, 1.807) is 14.0 Å². The lowest BCUT2D eigenvalue weighted by molar-refractivity contribution is -0.114. The molecule has 1 heterocycles. The predicted octanol–water partition coefficient (Wildman–Crippen LogP) is 4.76. The molecular weight excluding hydrogens is 352 g/mol. The molecule has 0 aliphatic carbocycles. The highest BCUT2D eigenvalue weighted by atomic mass is 16.5. The highest BCUT2D eigenvalue weighted by molar-refractivity contribution is 6.03. The molecule has 0 spiro atoms. The fraction of sp³-hybridized carbons (Fsp3) is 0.250. The van der Waals surface area contributed by atoms with Crippen molar-refractivity contribution < 1.29 is 19.1 Å². The summed E-state index contributed by atoms with van der Waals surface area (Å²) in [6.07, 6.45) is 0.463. The first-order chi connectivity index (χ1) is 13.4. The number of benzene rings is 2. The Labute approximate surface area is 165 Å². The summed E-state index contributed by atoms with van der Waals surface area (Å²) in [4.78, 5) is 25.1. The van der Waals surface area contributed by atoms with E-state index < -0.39 is 5.92 Å². The first kappa shape index (κ1) is 19.6. The summed E-state index contributed by atoms with van der Waals surface area (Å²) < 4.78 is 11.2. The zero-order chi connectivity index (χ0) is 20.3. The van der Waals surface area contributed by atoms with Crippen LogP contribution in [-0.2, 0) is 20.7 Å². The van der Waals surface area contributed by atoms with Gasteiger partial charge in [0.15, 0.2) is 11.6 Å². The van der Waals surface area contributed by atoms with Crippen LogP contribution < -0.4 is 4.74 Å². The van der Waals surface area contributed by atoms with Gasteiger partial charge in [-0.3, -0.25) is 9.59 Å². The van der Waals surface area contributed by atoms with Gasteiger partial charge >= 0.3 is 0 Å². The second kappa shape index (κ2) is 8.26. The number of rotatable bonds is 6. The van der Waals surface area contributed by atoms with Crippen LogP contribution in [0.5, 0.6) is 5.75 Å². The fourth-order valence-electron chi connectivity index (χ4n) is 3.69. The summed E-state index contributed by atoms with van der Waals surface area (Å²) in [6.45, 7) is 4.84. The van der Waals surface area contributed by atoms with E-state index in [0.717, 1.165) is 16.9 Å². The van der Waals surface area contributed by atoms with Crippen molar-refractivity contribution in [3.8, 4) is 5.75 Å². The van der Waals surface area contributed by atoms with E-state index in [4.69, 9.17) is 9.47 Å². The van der Waals surface area contributed by atoms with E-state index in [-0.39, 0.29) is 11.6 Å². The average Bonchev–Trinajstić information content (AvgIpc) is 2.68. The van der Waals surface area contributed by atoms with Gasteiger partial charge in [0.25, 0.3) is 0 Å². The molecule has 2 aromatic carbocycles. The third-order valence-electron chi connectivity index (χ3n) is 4.95. The van der Waals surface area contributed by atoms with Crippen molar-refractivity contribution in [2.24, 2.45) is 0 Å². The summed E-state index contributed by atoms with van der Waals surface area (Å²) in [5, 5.41) is 0. The Hall–Kier alpha value is -3.14. The van der Waals surface area contributed by atoms with Gasteiger partial charge in [0.1, 0.15) is 17.3 Å². The van der Waals surface area contributed by atoms with E-state index >= 15 is 0 Å². The number of allylic oxidation sites excluding steroid dienone is 4. The first-order valence-corrected chi connectivity index (χ1v) is 9.23. The van der Waals surface area contributed by atoms with Crippen molar-refractivity contribution in [2.75, 3.05) is 7.11 Å². The predicted molar refractivity (Wildman–Crippen MR) is 108 cm³/mol. The molecule has 0 saturated heterocycles. The van der Waals surface area contributed by atoms with Crippen LogP contribution in [0.3, 0.4) is 0 Å².